The SMILES string of the molecule is CCCCCCCC(=O)N1CCN(C(=O)CCCSc2nnc3c4ccccc4n(Cc4ccccc4C)c3n2)CC1C. The Morgan fingerprint density at radius 2 is 1.67 bits per heavy atom. The second-order valence-corrected chi connectivity index (χ2v) is 12.8. The molecule has 43 heavy (non-hydrogen) atoms. The maximum absolute atomic E-state index is 13.0. The van der Waals surface area contributed by atoms with Crippen LogP contribution in [-0.4, -0.2) is 72.8 Å². The number of amides is 2. The molecule has 1 aliphatic rings. The summed E-state index contributed by atoms with van der Waals surface area (Å²) in [5, 5.41) is 10.7. The Morgan fingerprint density at radius 3 is 2.49 bits per heavy atom. The molecule has 1 aliphatic heterocycles. The lowest BCUT2D eigenvalue weighted by Gasteiger charge is -2.40. The zero-order valence-corrected chi connectivity index (χ0v) is 26.6. The highest BCUT2D eigenvalue weighted by molar-refractivity contribution is 7.99. The number of carbonyl (C=O) groups excluding carboxylic acids is 2. The summed E-state index contributed by atoms with van der Waals surface area (Å²) >= 11 is 1.55. The standard InChI is InChI=1S/C34H44N6O2S/c1-4-5-6-7-8-18-31(42)39-21-20-38(23-26(39)3)30(41)19-13-22-43-34-35-33-32(36-37-34)28-16-11-12-17-29(28)40(33)24-27-15-10-9-14-25(27)2/h9-12,14-17,26H,4-8,13,18-24H2,1-3H3. The highest BCUT2D eigenvalue weighted by Crippen LogP contribution is 2.29. The van der Waals surface area contributed by atoms with Gasteiger partial charge in [-0.1, -0.05) is 86.8 Å². The number of unbranched alkanes of at least 4 members (excludes halogenated alkanes) is 4. The number of carbonyl (C=O) groups is 2. The number of hydrogen-bond donors (Lipinski definition) is 0. The third kappa shape index (κ3) is 7.55. The summed E-state index contributed by atoms with van der Waals surface area (Å²) in [5.74, 6) is 1.13. The monoisotopic (exact) mass is 600 g/mol. The number of piperazine rings is 1. The number of benzene rings is 2. The van der Waals surface area contributed by atoms with Crippen molar-refractivity contribution in [1.82, 2.24) is 29.5 Å². The molecule has 1 atom stereocenters. The van der Waals surface area contributed by atoms with Crippen molar-refractivity contribution in [3.63, 3.8) is 0 Å². The summed E-state index contributed by atoms with van der Waals surface area (Å²) in [6.07, 6.45) is 7.57. The summed E-state index contributed by atoms with van der Waals surface area (Å²) < 4.78 is 2.23. The van der Waals surface area contributed by atoms with Crippen molar-refractivity contribution < 1.29 is 9.59 Å². The Labute approximate surface area is 259 Å². The number of fused-ring (bicyclic) bond motifs is 3. The molecule has 4 aromatic rings. The second kappa shape index (κ2) is 14.8. The number of para-hydroxylation sites is 1. The van der Waals surface area contributed by atoms with Crippen LogP contribution in [-0.2, 0) is 16.1 Å². The zero-order valence-electron chi connectivity index (χ0n) is 25.8. The van der Waals surface area contributed by atoms with Gasteiger partial charge in [-0.2, -0.15) is 0 Å². The predicted molar refractivity (Wildman–Crippen MR) is 174 cm³/mol. The van der Waals surface area contributed by atoms with Gasteiger partial charge in [0.1, 0.15) is 5.52 Å². The fraction of sp³-hybridized carbons (Fsp3) is 0.500. The van der Waals surface area contributed by atoms with Gasteiger partial charge >= 0.3 is 0 Å². The van der Waals surface area contributed by atoms with Crippen molar-refractivity contribution in [2.75, 3.05) is 25.4 Å². The van der Waals surface area contributed by atoms with E-state index in [0.717, 1.165) is 47.1 Å². The average molecular weight is 601 g/mol. The van der Waals surface area contributed by atoms with Crippen LogP contribution in [0.25, 0.3) is 22.1 Å². The minimum atomic E-state index is 0.0628. The van der Waals surface area contributed by atoms with Gasteiger partial charge in [0, 0.05) is 56.2 Å². The molecular formula is C34H44N6O2S. The molecule has 8 nitrogen and oxygen atoms in total. The van der Waals surface area contributed by atoms with E-state index in [9.17, 15) is 9.59 Å². The normalized spacial score (nSPS) is 15.5. The molecule has 0 spiro atoms. The van der Waals surface area contributed by atoms with Gasteiger partial charge in [0.15, 0.2) is 5.65 Å². The fourth-order valence-electron chi connectivity index (χ4n) is 5.99. The average Bonchev–Trinajstić information content (AvgIpc) is 3.32. The molecule has 9 heteroatoms. The van der Waals surface area contributed by atoms with E-state index in [1.54, 1.807) is 11.8 Å². The molecule has 1 fully saturated rings. The number of rotatable bonds is 13. The first kappa shape index (κ1) is 31.0. The van der Waals surface area contributed by atoms with Crippen molar-refractivity contribution >= 4 is 45.6 Å². The molecule has 2 amide bonds. The Morgan fingerprint density at radius 1 is 0.907 bits per heavy atom. The van der Waals surface area contributed by atoms with Crippen molar-refractivity contribution in [3.05, 3.63) is 59.7 Å². The topological polar surface area (TPSA) is 84.2 Å². The molecule has 228 valence electrons. The third-order valence-corrected chi connectivity index (χ3v) is 9.43. The molecule has 5 rings (SSSR count). The molecule has 2 aromatic heterocycles. The minimum Gasteiger partial charge on any atom is -0.339 e. The maximum atomic E-state index is 13.0. The van der Waals surface area contributed by atoms with Crippen LogP contribution in [0.4, 0.5) is 0 Å². The van der Waals surface area contributed by atoms with Crippen LogP contribution >= 0.6 is 11.8 Å². The smallest absolute Gasteiger partial charge is 0.222 e. The molecule has 0 bridgehead atoms. The summed E-state index contributed by atoms with van der Waals surface area (Å²) in [4.78, 5) is 34.5. The van der Waals surface area contributed by atoms with Crippen molar-refractivity contribution in [2.24, 2.45) is 0 Å². The lowest BCUT2D eigenvalue weighted by atomic mass is 10.1. The molecule has 0 radical (unpaired) electrons. The first-order valence-corrected chi connectivity index (χ1v) is 16.8. The maximum Gasteiger partial charge on any atom is 0.222 e. The lowest BCUT2D eigenvalue weighted by molar-refractivity contribution is -0.142. The highest BCUT2D eigenvalue weighted by atomic mass is 32.2. The predicted octanol–water partition coefficient (Wildman–Crippen LogP) is 6.63. The van der Waals surface area contributed by atoms with Gasteiger partial charge in [0.05, 0.1) is 5.52 Å². The Bertz CT molecular complexity index is 1550. The van der Waals surface area contributed by atoms with Crippen LogP contribution in [0.15, 0.2) is 53.7 Å². The zero-order chi connectivity index (χ0) is 30.2. The van der Waals surface area contributed by atoms with E-state index in [2.05, 4.69) is 71.9 Å². The highest BCUT2D eigenvalue weighted by Gasteiger charge is 2.29. The van der Waals surface area contributed by atoms with Crippen molar-refractivity contribution in [3.8, 4) is 0 Å². The van der Waals surface area contributed by atoms with Crippen LogP contribution in [0.1, 0.15) is 76.3 Å². The Kier molecular flexibility index (Phi) is 10.7. The van der Waals surface area contributed by atoms with Gasteiger partial charge in [-0.15, -0.1) is 10.2 Å². The van der Waals surface area contributed by atoms with Gasteiger partial charge in [-0.05, 0) is 43.9 Å². The van der Waals surface area contributed by atoms with E-state index in [1.165, 1.54) is 30.4 Å². The second-order valence-electron chi connectivity index (χ2n) is 11.7. The summed E-state index contributed by atoms with van der Waals surface area (Å²) in [5.41, 5.74) is 5.24. The number of hydrogen-bond acceptors (Lipinski definition) is 6. The van der Waals surface area contributed by atoms with E-state index in [1.807, 2.05) is 21.9 Å². The minimum absolute atomic E-state index is 0.0628. The quantitative estimate of drug-likeness (QED) is 0.127. The fourth-order valence-corrected chi connectivity index (χ4v) is 6.71. The van der Waals surface area contributed by atoms with E-state index < -0.39 is 0 Å². The van der Waals surface area contributed by atoms with Gasteiger partial charge in [-0.3, -0.25) is 9.59 Å². The van der Waals surface area contributed by atoms with Gasteiger partial charge in [0.2, 0.25) is 17.0 Å². The van der Waals surface area contributed by atoms with Crippen molar-refractivity contribution in [1.29, 1.82) is 0 Å². The first-order valence-electron chi connectivity index (χ1n) is 15.8. The van der Waals surface area contributed by atoms with Gasteiger partial charge in [0.25, 0.3) is 0 Å². The van der Waals surface area contributed by atoms with Crippen LogP contribution in [0.5, 0.6) is 0 Å². The molecular weight excluding hydrogens is 556 g/mol. The molecule has 0 aliphatic carbocycles. The lowest BCUT2D eigenvalue weighted by Crippen LogP contribution is -2.55. The first-order chi connectivity index (χ1) is 21.0. The molecule has 3 heterocycles. The Balaban J connectivity index is 1.14. The van der Waals surface area contributed by atoms with Crippen LogP contribution in [0, 0.1) is 6.92 Å². The number of nitrogens with zero attached hydrogens (tertiary/aromatic N) is 6. The Hall–Kier alpha value is -3.46. The number of aryl methyl sites for hydroxylation is 1. The summed E-state index contributed by atoms with van der Waals surface area (Å²) in [6.45, 7) is 8.97. The van der Waals surface area contributed by atoms with Crippen molar-refractivity contribution in [2.45, 2.75) is 89.9 Å². The summed E-state index contributed by atoms with van der Waals surface area (Å²) in [6, 6.07) is 16.7. The van der Waals surface area contributed by atoms with Gasteiger partial charge < -0.3 is 14.4 Å². The summed E-state index contributed by atoms with van der Waals surface area (Å²) in [7, 11) is 0. The number of thioether (sulfide) groups is 1. The van der Waals surface area contributed by atoms with E-state index in [0.29, 0.717) is 44.2 Å². The van der Waals surface area contributed by atoms with Crippen LogP contribution in [0.2, 0.25) is 0 Å². The van der Waals surface area contributed by atoms with Crippen LogP contribution < -0.4 is 0 Å². The van der Waals surface area contributed by atoms with Crippen LogP contribution in [0.3, 0.4) is 0 Å². The van der Waals surface area contributed by atoms with E-state index in [4.69, 9.17) is 4.98 Å². The van der Waals surface area contributed by atoms with E-state index >= 15 is 0 Å². The number of aromatic nitrogens is 4. The molecule has 2 aromatic carbocycles. The van der Waals surface area contributed by atoms with Gasteiger partial charge in [-0.25, -0.2) is 4.98 Å². The third-order valence-electron chi connectivity index (χ3n) is 8.51. The molecule has 1 unspecified atom stereocenters. The molecule has 0 N–H and O–H groups in total. The van der Waals surface area contributed by atoms with E-state index in [-0.39, 0.29) is 17.9 Å². The largest absolute Gasteiger partial charge is 0.339 e. The molecule has 1 saturated heterocycles. The molecule has 0 saturated carbocycles.